The van der Waals surface area contributed by atoms with Crippen LogP contribution in [-0.2, 0) is 25.4 Å². The van der Waals surface area contributed by atoms with Crippen LogP contribution in [0.3, 0.4) is 0 Å². The van der Waals surface area contributed by atoms with Gasteiger partial charge in [-0.3, -0.25) is 15.1 Å². The highest BCUT2D eigenvalue weighted by molar-refractivity contribution is 6.31. The minimum absolute atomic E-state index is 0.0458. The first-order chi connectivity index (χ1) is 22.2. The van der Waals surface area contributed by atoms with Gasteiger partial charge >= 0.3 is 0 Å². The molecule has 2 aliphatic rings. The van der Waals surface area contributed by atoms with Crippen LogP contribution in [0.5, 0.6) is 5.75 Å². The Balaban J connectivity index is 0.000000344. The van der Waals surface area contributed by atoms with E-state index in [0.29, 0.717) is 12.9 Å². The molecule has 2 aliphatic heterocycles. The Morgan fingerprint density at radius 2 is 1.67 bits per heavy atom. The van der Waals surface area contributed by atoms with Crippen molar-refractivity contribution in [3.05, 3.63) is 40.7 Å². The Kier molecular flexibility index (Phi) is 16.4. The number of benzene rings is 1. The number of unbranched alkanes of at least 4 members (excludes halogenated alkanes) is 1. The molecular weight excluding hydrogens is 616 g/mol. The molecule has 0 radical (unpaired) electrons. The Labute approximate surface area is 276 Å². The van der Waals surface area contributed by atoms with Crippen molar-refractivity contribution < 1.29 is 28.5 Å². The predicted molar refractivity (Wildman–Crippen MR) is 177 cm³/mol. The molecular formula is C31H49ClN8O6. The van der Waals surface area contributed by atoms with E-state index in [2.05, 4.69) is 49.8 Å². The summed E-state index contributed by atoms with van der Waals surface area (Å²) in [5, 5.41) is 11.8. The molecule has 4 atom stereocenters. The minimum atomic E-state index is -0.660. The van der Waals surface area contributed by atoms with Gasteiger partial charge in [-0.25, -0.2) is 9.97 Å². The van der Waals surface area contributed by atoms with Gasteiger partial charge in [-0.15, -0.1) is 0 Å². The number of hydrogen-bond donors (Lipinski definition) is 5. The Bertz CT molecular complexity index is 1190. The maximum Gasteiger partial charge on any atom is 0.278 e. The first-order valence-corrected chi connectivity index (χ1v) is 16.1. The van der Waals surface area contributed by atoms with Gasteiger partial charge in [-0.2, -0.15) is 0 Å². The summed E-state index contributed by atoms with van der Waals surface area (Å²) in [6.45, 7) is 9.70. The lowest BCUT2D eigenvalue weighted by Gasteiger charge is -2.36. The van der Waals surface area contributed by atoms with Gasteiger partial charge < -0.3 is 45.8 Å². The number of hydrogen-bond acceptors (Lipinski definition) is 13. The topological polar surface area (TPSA) is 192 Å². The number of nitrogens with one attached hydrogen (secondary N) is 3. The van der Waals surface area contributed by atoms with E-state index in [1.165, 1.54) is 18.4 Å². The number of ether oxygens (including phenoxy) is 5. The fourth-order valence-electron chi connectivity index (χ4n) is 5.01. The van der Waals surface area contributed by atoms with Crippen LogP contribution < -0.4 is 26.8 Å². The fourth-order valence-corrected chi connectivity index (χ4v) is 5.13. The molecule has 2 fully saturated rings. The molecule has 46 heavy (non-hydrogen) atoms. The maximum absolute atomic E-state index is 11.2. The lowest BCUT2D eigenvalue weighted by Crippen LogP contribution is -2.46. The maximum atomic E-state index is 11.2. The number of aryl methyl sites for hydroxylation is 1. The fraction of sp³-hybridized carbons (Fsp3) is 0.613. The molecule has 2 saturated heterocycles. The predicted octanol–water partition coefficient (Wildman–Crippen LogP) is 2.84. The van der Waals surface area contributed by atoms with Gasteiger partial charge in [0.2, 0.25) is 0 Å². The molecule has 0 aliphatic carbocycles. The molecule has 0 spiro atoms. The number of amides is 1. The van der Waals surface area contributed by atoms with Crippen molar-refractivity contribution in [2.24, 2.45) is 0 Å². The van der Waals surface area contributed by atoms with Gasteiger partial charge in [0.15, 0.2) is 35.1 Å². The molecule has 7 N–H and O–H groups in total. The third-order valence-corrected chi connectivity index (χ3v) is 7.62. The number of carbonyl (C=O) groups is 1. The summed E-state index contributed by atoms with van der Waals surface area (Å²) in [4.78, 5) is 20.8. The molecule has 0 bridgehead atoms. The lowest BCUT2D eigenvalue weighted by atomic mass is 10.1. The zero-order valence-electron chi connectivity index (χ0n) is 27.0. The largest absolute Gasteiger partial charge is 0.492 e. The molecule has 2 aromatic rings. The summed E-state index contributed by atoms with van der Waals surface area (Å²) in [5.41, 5.74) is 11.9. The van der Waals surface area contributed by atoms with E-state index in [-0.39, 0.29) is 47.3 Å². The Morgan fingerprint density at radius 3 is 2.24 bits per heavy atom. The van der Waals surface area contributed by atoms with Crippen molar-refractivity contribution in [2.75, 3.05) is 64.5 Å². The van der Waals surface area contributed by atoms with Crippen LogP contribution in [0, 0.1) is 5.41 Å². The summed E-state index contributed by atoms with van der Waals surface area (Å²) < 4.78 is 29.1. The summed E-state index contributed by atoms with van der Waals surface area (Å²) >= 11 is 5.54. The summed E-state index contributed by atoms with van der Waals surface area (Å²) in [5.74, 6) is 0.0875. The Hall–Kier alpha value is -3.11. The number of aromatic nitrogens is 2. The minimum Gasteiger partial charge on any atom is -0.492 e. The highest BCUT2D eigenvalue weighted by Gasteiger charge is 2.26. The highest BCUT2D eigenvalue weighted by atomic mass is 35.5. The van der Waals surface area contributed by atoms with Crippen molar-refractivity contribution in [3.8, 4) is 5.75 Å². The van der Waals surface area contributed by atoms with E-state index >= 15 is 0 Å². The Morgan fingerprint density at radius 1 is 1.04 bits per heavy atom. The third kappa shape index (κ3) is 13.3. The molecule has 1 aromatic heterocycles. The van der Waals surface area contributed by atoms with Crippen LogP contribution >= 0.6 is 11.6 Å². The van der Waals surface area contributed by atoms with Crippen LogP contribution in [0.4, 0.5) is 11.6 Å². The molecule has 0 saturated carbocycles. The molecule has 1 aromatic carbocycles. The quantitative estimate of drug-likeness (QED) is 0.106. The van der Waals surface area contributed by atoms with E-state index in [0.717, 1.165) is 64.4 Å². The van der Waals surface area contributed by atoms with Gasteiger partial charge in [-0.05, 0) is 77.2 Å². The smallest absolute Gasteiger partial charge is 0.278 e. The van der Waals surface area contributed by atoms with E-state index in [1.807, 2.05) is 20.9 Å². The van der Waals surface area contributed by atoms with Crippen molar-refractivity contribution in [1.82, 2.24) is 25.5 Å². The van der Waals surface area contributed by atoms with Crippen molar-refractivity contribution in [2.45, 2.75) is 70.7 Å². The van der Waals surface area contributed by atoms with E-state index in [9.17, 15) is 4.79 Å². The SMILES string of the molecule is CNCCCCc1ccc(OCCN(CC2CCOC(C)O2)CC2CCOC(C)O2)cc1.N=CNC(=O)c1nc(Cl)c(N)nc1N. The standard InChI is InChI=1S/C25H42N2O5.C6H7ClN6O/c1-20-28-15-11-24(31-20)18-27(19-25-12-16-29-21(2)32-25)14-17-30-23-9-7-22(8-10-23)6-4-5-13-26-3;7-3-5(10)13-4(9)2(12-3)6(14)11-1-8/h7-10,20-21,24-26H,4-6,11-19H2,1-3H3;1H,(H2,8,11,14)(H4,9,10,13). The summed E-state index contributed by atoms with van der Waals surface area (Å²) in [7, 11) is 2.00. The number of nitrogen functional groups attached to an aromatic ring is 2. The van der Waals surface area contributed by atoms with Crippen LogP contribution in [0.25, 0.3) is 0 Å². The summed E-state index contributed by atoms with van der Waals surface area (Å²) in [6, 6.07) is 8.54. The van der Waals surface area contributed by atoms with Gasteiger partial charge in [0.05, 0.1) is 31.8 Å². The second-order valence-electron chi connectivity index (χ2n) is 11.0. The normalized spacial score (nSPS) is 21.2. The number of rotatable bonds is 15. The van der Waals surface area contributed by atoms with Crippen molar-refractivity contribution in [3.63, 3.8) is 0 Å². The zero-order valence-corrected chi connectivity index (χ0v) is 27.8. The molecule has 4 rings (SSSR count). The van der Waals surface area contributed by atoms with Crippen molar-refractivity contribution in [1.29, 1.82) is 5.41 Å². The van der Waals surface area contributed by atoms with E-state index in [1.54, 1.807) is 0 Å². The number of carbonyl (C=O) groups excluding carboxylic acids is 1. The number of halogens is 1. The van der Waals surface area contributed by atoms with Crippen LogP contribution in [0.15, 0.2) is 24.3 Å². The molecule has 4 unspecified atom stereocenters. The first kappa shape index (κ1) is 37.3. The summed E-state index contributed by atoms with van der Waals surface area (Å²) in [6.07, 6.45) is 6.15. The highest BCUT2D eigenvalue weighted by Crippen LogP contribution is 2.19. The van der Waals surface area contributed by atoms with Crippen LogP contribution in [0.1, 0.15) is 55.6 Å². The van der Waals surface area contributed by atoms with Crippen LogP contribution in [0.2, 0.25) is 5.15 Å². The zero-order chi connectivity index (χ0) is 33.3. The molecule has 1 amide bonds. The second-order valence-corrected chi connectivity index (χ2v) is 11.4. The van der Waals surface area contributed by atoms with Crippen molar-refractivity contribution >= 4 is 35.5 Å². The average molecular weight is 665 g/mol. The molecule has 14 nitrogen and oxygen atoms in total. The van der Waals surface area contributed by atoms with Gasteiger partial charge in [-0.1, -0.05) is 23.7 Å². The van der Waals surface area contributed by atoms with Crippen LogP contribution in [-0.4, -0.2) is 105 Å². The molecule has 15 heteroatoms. The van der Waals surface area contributed by atoms with Gasteiger partial charge in [0.25, 0.3) is 5.91 Å². The molecule has 3 heterocycles. The monoisotopic (exact) mass is 664 g/mol. The molecule has 256 valence electrons. The lowest BCUT2D eigenvalue weighted by molar-refractivity contribution is -0.216. The van der Waals surface area contributed by atoms with Gasteiger partial charge in [0.1, 0.15) is 12.4 Å². The number of anilines is 2. The number of nitrogens with two attached hydrogens (primary N) is 2. The second kappa shape index (κ2) is 20.2. The first-order valence-electron chi connectivity index (χ1n) is 15.7. The number of nitrogens with zero attached hydrogens (tertiary/aromatic N) is 3. The third-order valence-electron chi connectivity index (χ3n) is 7.34. The van der Waals surface area contributed by atoms with E-state index < -0.39 is 5.91 Å². The van der Waals surface area contributed by atoms with E-state index in [4.69, 9.17) is 52.2 Å². The van der Waals surface area contributed by atoms with Gasteiger partial charge in [0, 0.05) is 19.6 Å². The average Bonchev–Trinajstić information content (AvgIpc) is 3.02.